The third-order valence-corrected chi connectivity index (χ3v) is 8.56. The van der Waals surface area contributed by atoms with Crippen molar-refractivity contribution < 1.29 is 28.9 Å². The number of carbonyl (C=O) groups excluding carboxylic acids is 2. The molecule has 0 aliphatic carbocycles. The molecule has 5 atom stereocenters. The van der Waals surface area contributed by atoms with E-state index in [0.29, 0.717) is 25.1 Å². The van der Waals surface area contributed by atoms with Gasteiger partial charge in [-0.15, -0.1) is 0 Å². The van der Waals surface area contributed by atoms with Crippen molar-refractivity contribution in [2.75, 3.05) is 26.0 Å². The maximum Gasteiger partial charge on any atom is 0.328 e. The second-order valence-corrected chi connectivity index (χ2v) is 11.9. The first-order valence-corrected chi connectivity index (χ1v) is 15.9. The number of ether oxygens (including phenoxy) is 3. The van der Waals surface area contributed by atoms with E-state index in [1.165, 1.54) is 12.7 Å². The fourth-order valence-corrected chi connectivity index (χ4v) is 5.73. The van der Waals surface area contributed by atoms with Crippen LogP contribution in [0.2, 0.25) is 0 Å². The lowest BCUT2D eigenvalue weighted by molar-refractivity contribution is -0.253. The van der Waals surface area contributed by atoms with Crippen LogP contribution in [-0.4, -0.2) is 54.9 Å². The summed E-state index contributed by atoms with van der Waals surface area (Å²) in [5.74, 6) is -0.523. The molecule has 1 aliphatic heterocycles. The number of aliphatic hydroxyl groups is 1. The summed E-state index contributed by atoms with van der Waals surface area (Å²) >= 11 is 0. The molecular weight excluding hydrogens is 594 g/mol. The molecule has 1 aliphatic rings. The molecule has 1 saturated heterocycles. The molecule has 9 nitrogen and oxygen atoms in total. The van der Waals surface area contributed by atoms with Gasteiger partial charge in [0.15, 0.2) is 6.29 Å². The first-order valence-electron chi connectivity index (χ1n) is 15.9. The lowest BCUT2D eigenvalue weighted by atomic mass is 9.99. The lowest BCUT2D eigenvalue weighted by Crippen LogP contribution is -2.45. The van der Waals surface area contributed by atoms with E-state index >= 15 is 0 Å². The van der Waals surface area contributed by atoms with Gasteiger partial charge in [0.05, 0.1) is 25.9 Å². The van der Waals surface area contributed by atoms with Gasteiger partial charge in [0, 0.05) is 36.7 Å². The number of aliphatic hydroxyl groups excluding tert-OH is 1. The molecule has 246 valence electrons. The molecule has 0 spiro atoms. The number of nitrogens with one attached hydrogen (secondary N) is 2. The highest BCUT2D eigenvalue weighted by Crippen LogP contribution is 2.39. The molecule has 0 radical (unpaired) electrons. The van der Waals surface area contributed by atoms with Crippen molar-refractivity contribution in [2.45, 2.75) is 57.0 Å². The van der Waals surface area contributed by atoms with Crippen LogP contribution in [0, 0.1) is 0 Å². The molecule has 5 rings (SSSR count). The van der Waals surface area contributed by atoms with Gasteiger partial charge in [-0.3, -0.25) is 4.90 Å². The summed E-state index contributed by atoms with van der Waals surface area (Å²) in [7, 11) is 3.40. The summed E-state index contributed by atoms with van der Waals surface area (Å²) in [6, 6.07) is 33.8. The number of hydrogen-bond acceptors (Lipinski definition) is 7. The van der Waals surface area contributed by atoms with Gasteiger partial charge in [-0.05, 0) is 48.4 Å². The van der Waals surface area contributed by atoms with Gasteiger partial charge in [-0.2, -0.15) is 0 Å². The minimum absolute atomic E-state index is 0.0168. The maximum absolute atomic E-state index is 12.9. The molecule has 3 N–H and O–H groups in total. The number of methoxy groups -OCH3 is 1. The third kappa shape index (κ3) is 9.27. The normalized spacial score (nSPS) is 19.0. The van der Waals surface area contributed by atoms with Crippen LogP contribution >= 0.6 is 0 Å². The van der Waals surface area contributed by atoms with E-state index < -0.39 is 24.3 Å². The van der Waals surface area contributed by atoms with Crippen LogP contribution in [-0.2, 0) is 32.0 Å². The summed E-state index contributed by atoms with van der Waals surface area (Å²) in [4.78, 5) is 27.5. The number of benzene rings is 4. The maximum atomic E-state index is 12.9. The fourth-order valence-electron chi connectivity index (χ4n) is 5.73. The molecule has 0 bridgehead atoms. The highest BCUT2D eigenvalue weighted by molar-refractivity contribution is 5.92. The van der Waals surface area contributed by atoms with Gasteiger partial charge >= 0.3 is 12.0 Å². The van der Waals surface area contributed by atoms with Crippen LogP contribution in [0.25, 0.3) is 0 Å². The molecule has 2 amide bonds. The Balaban J connectivity index is 1.27. The van der Waals surface area contributed by atoms with E-state index in [2.05, 4.69) is 53.8 Å². The molecular formula is C38H43N3O6. The number of esters is 1. The number of urea groups is 1. The predicted octanol–water partition coefficient (Wildman–Crippen LogP) is 6.32. The quantitative estimate of drug-likeness (QED) is 0.156. The average Bonchev–Trinajstić information content (AvgIpc) is 3.11. The second kappa shape index (κ2) is 16.3. The van der Waals surface area contributed by atoms with E-state index in [1.807, 2.05) is 72.8 Å². The number of rotatable bonds is 12. The summed E-state index contributed by atoms with van der Waals surface area (Å²) in [6.07, 6.45) is 0.0198. The summed E-state index contributed by atoms with van der Waals surface area (Å²) in [5.41, 5.74) is 5.37. The Bertz CT molecular complexity index is 1570. The Morgan fingerprint density at radius 1 is 0.872 bits per heavy atom. The van der Waals surface area contributed by atoms with Crippen LogP contribution in [0.5, 0.6) is 0 Å². The number of carbonyl (C=O) groups is 2. The van der Waals surface area contributed by atoms with Crippen molar-refractivity contribution in [3.8, 4) is 0 Å². The Morgan fingerprint density at radius 3 is 2.15 bits per heavy atom. The Morgan fingerprint density at radius 2 is 1.51 bits per heavy atom. The lowest BCUT2D eigenvalue weighted by Gasteiger charge is -2.39. The van der Waals surface area contributed by atoms with Crippen molar-refractivity contribution >= 4 is 17.7 Å². The summed E-state index contributed by atoms with van der Waals surface area (Å²) in [6.45, 7) is 2.87. The summed E-state index contributed by atoms with van der Waals surface area (Å²) < 4.78 is 18.0. The Kier molecular flexibility index (Phi) is 11.8. The monoisotopic (exact) mass is 637 g/mol. The van der Waals surface area contributed by atoms with Crippen molar-refractivity contribution in [3.05, 3.63) is 137 Å². The molecule has 4 aromatic rings. The van der Waals surface area contributed by atoms with E-state index in [1.54, 1.807) is 12.1 Å². The minimum Gasteiger partial charge on any atom is -0.467 e. The molecule has 47 heavy (non-hydrogen) atoms. The molecule has 9 heteroatoms. The van der Waals surface area contributed by atoms with Crippen LogP contribution in [0.3, 0.4) is 0 Å². The topological polar surface area (TPSA) is 109 Å². The van der Waals surface area contributed by atoms with E-state index in [-0.39, 0.29) is 24.9 Å². The fraction of sp³-hybridized carbons (Fsp3) is 0.316. The Labute approximate surface area is 276 Å². The van der Waals surface area contributed by atoms with Gasteiger partial charge in [-0.1, -0.05) is 97.1 Å². The SMILES string of the molecule is COC(=O)[C@H](Cc1ccccc1)NC(=O)Nc1ccc([C@@H]2O[C@H](CN(C)[C@@H](C)c3ccccc3)C[C@H](c3ccc(CO)cc3)O2)cc1. The van der Waals surface area contributed by atoms with Gasteiger partial charge < -0.3 is 30.0 Å². The molecule has 4 aromatic carbocycles. The minimum atomic E-state index is -0.839. The van der Waals surface area contributed by atoms with Crippen molar-refractivity contribution in [3.63, 3.8) is 0 Å². The first-order chi connectivity index (χ1) is 22.8. The smallest absolute Gasteiger partial charge is 0.328 e. The van der Waals surface area contributed by atoms with Crippen LogP contribution in [0.15, 0.2) is 109 Å². The second-order valence-electron chi connectivity index (χ2n) is 11.9. The molecule has 0 saturated carbocycles. The standard InChI is InChI=1S/C38H43N3O6/c1-26(29-12-8-5-9-13-29)41(2)24-33-23-35(30-16-14-28(25-42)15-17-30)47-37(46-33)31-18-20-32(21-19-31)39-38(44)40-34(36(43)45-3)22-27-10-6-4-7-11-27/h4-21,26,33-35,37,42H,22-25H2,1-3H3,(H2,39,40,44)/t26-,33-,34-,35+,37+/m0/s1. The zero-order valence-corrected chi connectivity index (χ0v) is 27.0. The van der Waals surface area contributed by atoms with Gasteiger partial charge in [0.1, 0.15) is 6.04 Å². The Hall–Kier alpha value is -4.54. The van der Waals surface area contributed by atoms with E-state index in [9.17, 15) is 14.7 Å². The molecule has 0 aromatic heterocycles. The third-order valence-electron chi connectivity index (χ3n) is 8.56. The van der Waals surface area contributed by atoms with Crippen molar-refractivity contribution in [2.24, 2.45) is 0 Å². The van der Waals surface area contributed by atoms with Crippen molar-refractivity contribution in [1.29, 1.82) is 0 Å². The molecule has 1 heterocycles. The number of hydrogen-bond donors (Lipinski definition) is 3. The van der Waals surface area contributed by atoms with Crippen LogP contribution in [0.4, 0.5) is 10.5 Å². The van der Waals surface area contributed by atoms with Gasteiger partial charge in [-0.25, -0.2) is 9.59 Å². The largest absolute Gasteiger partial charge is 0.467 e. The molecule has 0 unspecified atom stereocenters. The first kappa shape index (κ1) is 33.8. The highest BCUT2D eigenvalue weighted by atomic mass is 16.7. The number of amides is 2. The predicted molar refractivity (Wildman–Crippen MR) is 180 cm³/mol. The number of nitrogens with zero attached hydrogens (tertiary/aromatic N) is 1. The summed E-state index contributed by atoms with van der Waals surface area (Å²) in [5, 5.41) is 15.1. The number of anilines is 1. The number of likely N-dealkylation sites (N-methyl/N-ethyl adjacent to an activating group) is 1. The van der Waals surface area contributed by atoms with Crippen molar-refractivity contribution in [1.82, 2.24) is 10.2 Å². The zero-order chi connectivity index (χ0) is 33.2. The average molecular weight is 638 g/mol. The zero-order valence-electron chi connectivity index (χ0n) is 27.0. The molecule has 1 fully saturated rings. The van der Waals surface area contributed by atoms with E-state index in [4.69, 9.17) is 14.2 Å². The van der Waals surface area contributed by atoms with Gasteiger partial charge in [0.2, 0.25) is 0 Å². The van der Waals surface area contributed by atoms with Crippen LogP contribution in [0.1, 0.15) is 59.6 Å². The van der Waals surface area contributed by atoms with Gasteiger partial charge in [0.25, 0.3) is 0 Å². The van der Waals surface area contributed by atoms with Crippen LogP contribution < -0.4 is 10.6 Å². The highest BCUT2D eigenvalue weighted by Gasteiger charge is 2.33. The van der Waals surface area contributed by atoms with E-state index in [0.717, 1.165) is 22.3 Å².